The van der Waals surface area contributed by atoms with E-state index in [1.54, 1.807) is 0 Å². The van der Waals surface area contributed by atoms with Gasteiger partial charge in [0.05, 0.1) is 0 Å². The van der Waals surface area contributed by atoms with Gasteiger partial charge in [-0.3, -0.25) is 4.79 Å². The lowest BCUT2D eigenvalue weighted by Crippen LogP contribution is -2.33. The molecule has 0 aliphatic carbocycles. The molecule has 1 rings (SSSR count). The number of piperidine rings is 1. The molecule has 17 heavy (non-hydrogen) atoms. The molecule has 0 spiro atoms. The van der Waals surface area contributed by atoms with E-state index in [9.17, 15) is 4.79 Å². The van der Waals surface area contributed by atoms with E-state index < -0.39 is 0 Å². The second kappa shape index (κ2) is 8.51. The van der Waals surface area contributed by atoms with Crippen molar-refractivity contribution in [3.63, 3.8) is 0 Å². The van der Waals surface area contributed by atoms with E-state index in [4.69, 9.17) is 0 Å². The summed E-state index contributed by atoms with van der Waals surface area (Å²) in [5, 5.41) is 3.37. The lowest BCUT2D eigenvalue weighted by atomic mass is 9.93. The van der Waals surface area contributed by atoms with Crippen LogP contribution in [0.1, 0.15) is 52.4 Å². The average Bonchev–Trinajstić information content (AvgIpc) is 2.38. The molecule has 0 aromatic carbocycles. The van der Waals surface area contributed by atoms with Crippen molar-refractivity contribution in [1.82, 2.24) is 10.2 Å². The standard InChI is InChI=1S/C14H28N2O/c1-3-5-12-16(4-2)14(17)7-6-13-8-10-15-11-9-13/h13,15H,3-12H2,1-2H3. The summed E-state index contributed by atoms with van der Waals surface area (Å²) in [6.07, 6.45) is 6.62. The van der Waals surface area contributed by atoms with Gasteiger partial charge in [0.1, 0.15) is 0 Å². The molecule has 0 aromatic rings. The van der Waals surface area contributed by atoms with Gasteiger partial charge in [-0.05, 0) is 51.6 Å². The Bertz CT molecular complexity index is 212. The van der Waals surface area contributed by atoms with Gasteiger partial charge in [-0.15, -0.1) is 0 Å². The van der Waals surface area contributed by atoms with E-state index in [1.807, 2.05) is 4.90 Å². The molecule has 3 nitrogen and oxygen atoms in total. The number of amides is 1. The van der Waals surface area contributed by atoms with Crippen LogP contribution in [0, 0.1) is 5.92 Å². The maximum absolute atomic E-state index is 12.0. The third kappa shape index (κ3) is 5.53. The first-order valence-corrected chi connectivity index (χ1v) is 7.26. The van der Waals surface area contributed by atoms with Crippen LogP contribution in [-0.4, -0.2) is 37.0 Å². The minimum Gasteiger partial charge on any atom is -0.343 e. The summed E-state index contributed by atoms with van der Waals surface area (Å²) >= 11 is 0. The molecule has 1 fully saturated rings. The molecule has 1 aliphatic rings. The van der Waals surface area contributed by atoms with Gasteiger partial charge in [0, 0.05) is 19.5 Å². The highest BCUT2D eigenvalue weighted by Gasteiger charge is 2.16. The molecular weight excluding hydrogens is 212 g/mol. The number of hydrogen-bond donors (Lipinski definition) is 1. The Balaban J connectivity index is 2.21. The van der Waals surface area contributed by atoms with Crippen molar-refractivity contribution in [2.75, 3.05) is 26.2 Å². The first-order valence-electron chi connectivity index (χ1n) is 7.26. The molecule has 100 valence electrons. The molecule has 0 saturated carbocycles. The maximum atomic E-state index is 12.0. The normalized spacial score (nSPS) is 17.1. The molecule has 1 heterocycles. The first-order chi connectivity index (χ1) is 8.27. The number of hydrogen-bond acceptors (Lipinski definition) is 2. The van der Waals surface area contributed by atoms with E-state index >= 15 is 0 Å². The van der Waals surface area contributed by atoms with Gasteiger partial charge in [-0.1, -0.05) is 13.3 Å². The molecule has 1 saturated heterocycles. The molecule has 0 radical (unpaired) electrons. The smallest absolute Gasteiger partial charge is 0.222 e. The third-order valence-corrected chi connectivity index (χ3v) is 3.74. The van der Waals surface area contributed by atoms with E-state index in [0.29, 0.717) is 5.91 Å². The number of unbranched alkanes of at least 4 members (excludes halogenated alkanes) is 1. The minimum atomic E-state index is 0.361. The van der Waals surface area contributed by atoms with Crippen LogP contribution in [0.15, 0.2) is 0 Å². The maximum Gasteiger partial charge on any atom is 0.222 e. The fraction of sp³-hybridized carbons (Fsp3) is 0.929. The predicted octanol–water partition coefficient (Wildman–Crippen LogP) is 2.41. The Morgan fingerprint density at radius 2 is 2.00 bits per heavy atom. The molecule has 1 aliphatic heterocycles. The Hall–Kier alpha value is -0.570. The molecular formula is C14H28N2O. The largest absolute Gasteiger partial charge is 0.343 e. The summed E-state index contributed by atoms with van der Waals surface area (Å²) in [7, 11) is 0. The van der Waals surface area contributed by atoms with Gasteiger partial charge in [0.2, 0.25) is 5.91 Å². The predicted molar refractivity (Wildman–Crippen MR) is 72.0 cm³/mol. The number of nitrogens with zero attached hydrogens (tertiary/aromatic N) is 1. The van der Waals surface area contributed by atoms with E-state index in [-0.39, 0.29) is 0 Å². The highest BCUT2D eigenvalue weighted by atomic mass is 16.2. The van der Waals surface area contributed by atoms with Crippen molar-refractivity contribution >= 4 is 5.91 Å². The van der Waals surface area contributed by atoms with Crippen LogP contribution in [0.3, 0.4) is 0 Å². The Kier molecular flexibility index (Phi) is 7.25. The minimum absolute atomic E-state index is 0.361. The highest BCUT2D eigenvalue weighted by molar-refractivity contribution is 5.76. The topological polar surface area (TPSA) is 32.3 Å². The van der Waals surface area contributed by atoms with Crippen molar-refractivity contribution in [2.24, 2.45) is 5.92 Å². The molecule has 0 aromatic heterocycles. The Labute approximate surface area is 106 Å². The molecule has 1 amide bonds. The van der Waals surface area contributed by atoms with Gasteiger partial charge in [0.15, 0.2) is 0 Å². The number of rotatable bonds is 7. The SMILES string of the molecule is CCCCN(CC)C(=O)CCC1CCNCC1. The monoisotopic (exact) mass is 240 g/mol. The summed E-state index contributed by atoms with van der Waals surface area (Å²) in [5.74, 6) is 1.13. The molecule has 3 heteroatoms. The Morgan fingerprint density at radius 1 is 1.29 bits per heavy atom. The summed E-state index contributed by atoms with van der Waals surface area (Å²) in [4.78, 5) is 14.1. The zero-order valence-corrected chi connectivity index (χ0v) is 11.5. The molecule has 0 bridgehead atoms. The van der Waals surface area contributed by atoms with Crippen LogP contribution in [-0.2, 0) is 4.79 Å². The van der Waals surface area contributed by atoms with Crippen molar-refractivity contribution in [1.29, 1.82) is 0 Å². The molecule has 1 N–H and O–H groups in total. The summed E-state index contributed by atoms with van der Waals surface area (Å²) in [6, 6.07) is 0. The second-order valence-electron chi connectivity index (χ2n) is 5.06. The van der Waals surface area contributed by atoms with E-state index in [2.05, 4.69) is 19.2 Å². The highest BCUT2D eigenvalue weighted by Crippen LogP contribution is 2.18. The quantitative estimate of drug-likeness (QED) is 0.741. The van der Waals surface area contributed by atoms with Crippen molar-refractivity contribution in [3.05, 3.63) is 0 Å². The van der Waals surface area contributed by atoms with Crippen LogP contribution >= 0.6 is 0 Å². The summed E-state index contributed by atoms with van der Waals surface area (Å²) in [5.41, 5.74) is 0. The van der Waals surface area contributed by atoms with Crippen LogP contribution < -0.4 is 5.32 Å². The van der Waals surface area contributed by atoms with Gasteiger partial charge in [-0.2, -0.15) is 0 Å². The Morgan fingerprint density at radius 3 is 2.59 bits per heavy atom. The average molecular weight is 240 g/mol. The van der Waals surface area contributed by atoms with Crippen LogP contribution in [0.2, 0.25) is 0 Å². The zero-order chi connectivity index (χ0) is 12.5. The lowest BCUT2D eigenvalue weighted by molar-refractivity contribution is -0.131. The fourth-order valence-corrected chi connectivity index (χ4v) is 2.46. The van der Waals surface area contributed by atoms with Gasteiger partial charge >= 0.3 is 0 Å². The zero-order valence-electron chi connectivity index (χ0n) is 11.5. The first kappa shape index (κ1) is 14.5. The van der Waals surface area contributed by atoms with Gasteiger partial charge in [-0.25, -0.2) is 0 Å². The third-order valence-electron chi connectivity index (χ3n) is 3.74. The summed E-state index contributed by atoms with van der Waals surface area (Å²) in [6.45, 7) is 8.33. The number of nitrogens with one attached hydrogen (secondary N) is 1. The second-order valence-corrected chi connectivity index (χ2v) is 5.06. The molecule has 0 atom stereocenters. The van der Waals surface area contributed by atoms with E-state index in [1.165, 1.54) is 12.8 Å². The summed E-state index contributed by atoms with van der Waals surface area (Å²) < 4.78 is 0. The molecule has 0 unspecified atom stereocenters. The van der Waals surface area contributed by atoms with Crippen molar-refractivity contribution in [2.45, 2.75) is 52.4 Å². The lowest BCUT2D eigenvalue weighted by Gasteiger charge is -2.25. The van der Waals surface area contributed by atoms with Crippen LogP contribution in [0.4, 0.5) is 0 Å². The van der Waals surface area contributed by atoms with Crippen molar-refractivity contribution in [3.8, 4) is 0 Å². The van der Waals surface area contributed by atoms with Gasteiger partial charge in [0.25, 0.3) is 0 Å². The van der Waals surface area contributed by atoms with Crippen molar-refractivity contribution < 1.29 is 4.79 Å². The van der Waals surface area contributed by atoms with Crippen LogP contribution in [0.25, 0.3) is 0 Å². The number of carbonyl (C=O) groups excluding carboxylic acids is 1. The fourth-order valence-electron chi connectivity index (χ4n) is 2.46. The van der Waals surface area contributed by atoms with Crippen LogP contribution in [0.5, 0.6) is 0 Å². The van der Waals surface area contributed by atoms with E-state index in [0.717, 1.165) is 57.8 Å². The van der Waals surface area contributed by atoms with Gasteiger partial charge < -0.3 is 10.2 Å². The number of carbonyl (C=O) groups is 1.